The molecule has 0 unspecified atom stereocenters. The van der Waals surface area contributed by atoms with Crippen LogP contribution in [-0.2, 0) is 10.5 Å². The molecule has 0 aliphatic rings. The maximum Gasteiger partial charge on any atom is 0.224 e. The molecule has 3 rings (SSSR count). The smallest absolute Gasteiger partial charge is 0.224 e. The van der Waals surface area contributed by atoms with Gasteiger partial charge in [0.25, 0.3) is 0 Å². The van der Waals surface area contributed by atoms with E-state index in [4.69, 9.17) is 4.42 Å². The molecule has 1 aromatic carbocycles. The van der Waals surface area contributed by atoms with Gasteiger partial charge in [0.2, 0.25) is 5.91 Å². The van der Waals surface area contributed by atoms with Gasteiger partial charge < -0.3 is 9.73 Å². The van der Waals surface area contributed by atoms with Crippen molar-refractivity contribution in [2.75, 3.05) is 11.1 Å². The third kappa shape index (κ3) is 5.47. The Labute approximate surface area is 168 Å². The summed E-state index contributed by atoms with van der Waals surface area (Å²) in [5.74, 6) is 2.69. The number of hydrogen-bond donors (Lipinski definition) is 1. The Bertz CT molecular complexity index is 878. The first-order chi connectivity index (χ1) is 13.0. The number of anilines is 1. The van der Waals surface area contributed by atoms with Crippen LogP contribution >= 0.6 is 23.1 Å². The molecule has 2 aromatic heterocycles. The molecule has 0 aliphatic heterocycles. The largest absolute Gasteiger partial charge is 0.462 e. The van der Waals surface area contributed by atoms with Crippen LogP contribution in [0.5, 0.6) is 0 Å². The topological polar surface area (TPSA) is 55.1 Å². The van der Waals surface area contributed by atoms with Gasteiger partial charge >= 0.3 is 0 Å². The van der Waals surface area contributed by atoms with Gasteiger partial charge in [-0.25, -0.2) is 4.98 Å². The lowest BCUT2D eigenvalue weighted by Crippen LogP contribution is -2.13. The van der Waals surface area contributed by atoms with Gasteiger partial charge in [0.15, 0.2) is 10.8 Å². The minimum absolute atomic E-state index is 0.0828. The first kappa shape index (κ1) is 19.7. The van der Waals surface area contributed by atoms with E-state index in [-0.39, 0.29) is 5.91 Å². The fraction of sp³-hybridized carbons (Fsp3) is 0.333. The number of aromatic nitrogens is 1. The number of carbonyl (C=O) groups excluding carboxylic acids is 1. The number of nitrogens with one attached hydrogen (secondary N) is 1. The second-order valence-corrected chi connectivity index (χ2v) is 8.56. The first-order valence-corrected chi connectivity index (χ1v) is 11.0. The summed E-state index contributed by atoms with van der Waals surface area (Å²) in [4.78, 5) is 16.8. The highest BCUT2D eigenvalue weighted by molar-refractivity contribution is 7.98. The molecule has 0 aliphatic carbocycles. The Hall–Kier alpha value is -2.05. The zero-order chi connectivity index (χ0) is 19.2. The van der Waals surface area contributed by atoms with Crippen LogP contribution in [0, 0.1) is 20.8 Å². The van der Waals surface area contributed by atoms with Crippen LogP contribution in [0.25, 0.3) is 10.8 Å². The van der Waals surface area contributed by atoms with Crippen molar-refractivity contribution < 1.29 is 9.21 Å². The Kier molecular flexibility index (Phi) is 6.74. The summed E-state index contributed by atoms with van der Waals surface area (Å²) in [6.45, 7) is 6.15. The van der Waals surface area contributed by atoms with Crippen molar-refractivity contribution in [3.8, 4) is 10.8 Å². The molecule has 2 heterocycles. The molecule has 0 bridgehead atoms. The number of carbonyl (C=O) groups is 1. The number of nitrogens with zero attached hydrogens (tertiary/aromatic N) is 1. The van der Waals surface area contributed by atoms with E-state index in [1.807, 2.05) is 37.7 Å². The van der Waals surface area contributed by atoms with Gasteiger partial charge in [-0.15, -0.1) is 11.3 Å². The van der Waals surface area contributed by atoms with E-state index in [0.29, 0.717) is 6.42 Å². The number of amides is 1. The summed E-state index contributed by atoms with van der Waals surface area (Å²) >= 11 is 3.41. The average molecular weight is 401 g/mol. The average Bonchev–Trinajstić information content (AvgIpc) is 3.29. The number of benzene rings is 1. The molecule has 1 amide bonds. The van der Waals surface area contributed by atoms with Crippen LogP contribution in [0.3, 0.4) is 0 Å². The Morgan fingerprint density at radius 3 is 2.74 bits per heavy atom. The zero-order valence-electron chi connectivity index (χ0n) is 15.9. The fourth-order valence-electron chi connectivity index (χ4n) is 2.98. The number of furan rings is 1. The van der Waals surface area contributed by atoms with Gasteiger partial charge in [0, 0.05) is 23.2 Å². The highest BCUT2D eigenvalue weighted by Gasteiger charge is 2.09. The first-order valence-electron chi connectivity index (χ1n) is 8.96. The number of aryl methyl sites for hydroxylation is 3. The lowest BCUT2D eigenvalue weighted by atomic mass is 10.0. The quantitative estimate of drug-likeness (QED) is 0.473. The van der Waals surface area contributed by atoms with Crippen LogP contribution in [-0.4, -0.2) is 16.6 Å². The zero-order valence-corrected chi connectivity index (χ0v) is 17.5. The second-order valence-electron chi connectivity index (χ2n) is 6.60. The lowest BCUT2D eigenvalue weighted by molar-refractivity contribution is -0.116. The number of thiazole rings is 1. The standard InChI is InChI=1S/C21H24N2O2S2/c1-14-10-15(2)20(16(3)11-14)23-19(24)7-5-9-26-12-17-13-27-21(22-17)18-6-4-8-25-18/h4,6,8,10-11,13H,5,7,9,12H2,1-3H3,(H,23,24). The van der Waals surface area contributed by atoms with Crippen LogP contribution in [0.15, 0.2) is 40.3 Å². The fourth-order valence-corrected chi connectivity index (χ4v) is 4.72. The van der Waals surface area contributed by atoms with Gasteiger partial charge in [-0.1, -0.05) is 17.7 Å². The summed E-state index contributed by atoms with van der Waals surface area (Å²) in [5.41, 5.74) is 5.46. The van der Waals surface area contributed by atoms with Gasteiger partial charge in [0.05, 0.1) is 12.0 Å². The van der Waals surface area contributed by atoms with Crippen molar-refractivity contribution in [2.24, 2.45) is 0 Å². The van der Waals surface area contributed by atoms with Crippen LogP contribution in [0.1, 0.15) is 35.2 Å². The normalized spacial score (nSPS) is 10.9. The molecule has 4 nitrogen and oxygen atoms in total. The summed E-state index contributed by atoms with van der Waals surface area (Å²) in [6, 6.07) is 7.99. The van der Waals surface area contributed by atoms with E-state index in [1.165, 1.54) is 5.56 Å². The Morgan fingerprint density at radius 1 is 1.26 bits per heavy atom. The molecule has 0 saturated heterocycles. The maximum absolute atomic E-state index is 12.2. The second kappa shape index (κ2) is 9.24. The number of thioether (sulfide) groups is 1. The van der Waals surface area contributed by atoms with Gasteiger partial charge in [0.1, 0.15) is 0 Å². The summed E-state index contributed by atoms with van der Waals surface area (Å²) in [6.07, 6.45) is 3.06. The highest BCUT2D eigenvalue weighted by Crippen LogP contribution is 2.26. The summed E-state index contributed by atoms with van der Waals surface area (Å²) in [7, 11) is 0. The van der Waals surface area contributed by atoms with Crippen molar-refractivity contribution in [3.63, 3.8) is 0 Å². The molecule has 3 aromatic rings. The monoisotopic (exact) mass is 400 g/mol. The number of rotatable bonds is 8. The van der Waals surface area contributed by atoms with Crippen molar-refractivity contribution in [1.29, 1.82) is 0 Å². The van der Waals surface area contributed by atoms with E-state index < -0.39 is 0 Å². The highest BCUT2D eigenvalue weighted by atomic mass is 32.2. The van der Waals surface area contributed by atoms with Crippen molar-refractivity contribution in [1.82, 2.24) is 4.98 Å². The van der Waals surface area contributed by atoms with Crippen molar-refractivity contribution in [2.45, 2.75) is 39.4 Å². The molecule has 0 atom stereocenters. The van der Waals surface area contributed by atoms with Crippen LogP contribution < -0.4 is 5.32 Å². The minimum atomic E-state index is 0.0828. The molecule has 27 heavy (non-hydrogen) atoms. The van der Waals surface area contributed by atoms with E-state index in [9.17, 15) is 4.79 Å². The third-order valence-electron chi connectivity index (χ3n) is 4.17. The molecule has 6 heteroatoms. The molecule has 0 fully saturated rings. The molecular formula is C21H24N2O2S2. The molecule has 0 spiro atoms. The predicted octanol–water partition coefficient (Wildman–Crippen LogP) is 5.98. The summed E-state index contributed by atoms with van der Waals surface area (Å²) < 4.78 is 5.37. The molecular weight excluding hydrogens is 376 g/mol. The predicted molar refractivity (Wildman–Crippen MR) is 114 cm³/mol. The van der Waals surface area contributed by atoms with Crippen LogP contribution in [0.2, 0.25) is 0 Å². The SMILES string of the molecule is Cc1cc(C)c(NC(=O)CCCSCc2csc(-c3ccco3)n2)c(C)c1. The van der Waals surface area contributed by atoms with Crippen molar-refractivity contribution in [3.05, 3.63) is 58.3 Å². The maximum atomic E-state index is 12.2. The van der Waals surface area contributed by atoms with Gasteiger partial charge in [-0.2, -0.15) is 11.8 Å². The third-order valence-corrected chi connectivity index (χ3v) is 6.15. The van der Waals surface area contributed by atoms with Crippen LogP contribution in [0.4, 0.5) is 5.69 Å². The summed E-state index contributed by atoms with van der Waals surface area (Å²) in [5, 5.41) is 6.05. The lowest BCUT2D eigenvalue weighted by Gasteiger charge is -2.12. The van der Waals surface area contributed by atoms with E-state index >= 15 is 0 Å². The van der Waals surface area contributed by atoms with Gasteiger partial charge in [-0.05, 0) is 56.2 Å². The van der Waals surface area contributed by atoms with Gasteiger partial charge in [-0.3, -0.25) is 4.79 Å². The Balaban J connectivity index is 1.39. The van der Waals surface area contributed by atoms with E-state index in [0.717, 1.165) is 51.2 Å². The molecule has 1 N–H and O–H groups in total. The minimum Gasteiger partial charge on any atom is -0.462 e. The molecule has 0 radical (unpaired) electrons. The Morgan fingerprint density at radius 2 is 2.04 bits per heavy atom. The number of hydrogen-bond acceptors (Lipinski definition) is 5. The van der Waals surface area contributed by atoms with E-state index in [1.54, 1.807) is 17.6 Å². The van der Waals surface area contributed by atoms with E-state index in [2.05, 4.69) is 34.7 Å². The van der Waals surface area contributed by atoms with Crippen molar-refractivity contribution >= 4 is 34.7 Å². The molecule has 0 saturated carbocycles. The molecule has 142 valence electrons.